The molecule has 0 heterocycles. The van der Waals surface area contributed by atoms with Gasteiger partial charge in [0, 0.05) is 0 Å². The Labute approximate surface area is 34.9 Å². The van der Waals surface area contributed by atoms with Gasteiger partial charge in [-0.25, -0.2) is 0 Å². The second kappa shape index (κ2) is 3.27. The molecule has 0 unspecified atom stereocenters. The molecule has 0 nitrogen and oxygen atoms in total. The van der Waals surface area contributed by atoms with Crippen molar-refractivity contribution in [1.29, 1.82) is 0 Å². The fourth-order valence-electron chi connectivity index (χ4n) is 0. The van der Waals surface area contributed by atoms with E-state index < -0.39 is 0 Å². The second-order valence-corrected chi connectivity index (χ2v) is 0.996. The third-order valence-corrected chi connectivity index (χ3v) is 0.500. The first kappa shape index (κ1) is 4.27. The molecule has 0 rings (SSSR count). The van der Waals surface area contributed by atoms with E-state index >= 15 is 0 Å². The van der Waals surface area contributed by atoms with E-state index in [2.05, 4.69) is 22.9 Å². The average molecular weight is 68.1 g/mol. The van der Waals surface area contributed by atoms with Crippen molar-refractivity contribution in [2.75, 3.05) is 0 Å². The zero-order chi connectivity index (χ0) is 3.41. The summed E-state index contributed by atoms with van der Waals surface area (Å²) >= 11 is 2.54. The molecule has 0 atom stereocenters. The molecule has 19 valence electrons. The van der Waals surface area contributed by atoms with Crippen LogP contribution in [0.4, 0.5) is 0 Å². The molecule has 4 heavy (non-hydrogen) atoms. The van der Waals surface area contributed by atoms with Gasteiger partial charge >= 0.3 is 34.2 Å². The van der Waals surface area contributed by atoms with Crippen molar-refractivity contribution in [3.05, 3.63) is 12.7 Å². The SMILES string of the molecule is C=C[CH2][Al+]. The first-order valence-electron chi connectivity index (χ1n) is 1.22. The molecule has 0 amide bonds. The molecule has 0 aromatic heterocycles. The minimum atomic E-state index is 1.00. The van der Waals surface area contributed by atoms with Crippen molar-refractivity contribution >= 4 is 16.3 Å². The molecule has 0 saturated heterocycles. The Kier molecular flexibility index (Phi) is 3.50. The third kappa shape index (κ3) is 2.27. The fourth-order valence-corrected chi connectivity index (χ4v) is 0. The molecule has 0 aliphatic carbocycles. The first-order chi connectivity index (χ1) is 1.91. The van der Waals surface area contributed by atoms with Crippen molar-refractivity contribution in [2.45, 2.75) is 5.28 Å². The van der Waals surface area contributed by atoms with E-state index in [1.165, 1.54) is 0 Å². The van der Waals surface area contributed by atoms with E-state index in [-0.39, 0.29) is 0 Å². The number of hydrogen-bond donors (Lipinski definition) is 0. The summed E-state index contributed by atoms with van der Waals surface area (Å²) in [5.41, 5.74) is 0. The van der Waals surface area contributed by atoms with Gasteiger partial charge in [0.2, 0.25) is 0 Å². The zero-order valence-electron chi connectivity index (χ0n) is 2.57. The maximum absolute atomic E-state index is 3.46. The number of rotatable bonds is 1. The Hall–Kier alpha value is 0.272. The molecule has 0 spiro atoms. The molecule has 0 N–H and O–H groups in total. The Morgan fingerprint density at radius 1 is 2.00 bits per heavy atom. The zero-order valence-corrected chi connectivity index (χ0v) is 3.72. The van der Waals surface area contributed by atoms with Crippen molar-refractivity contribution < 1.29 is 0 Å². The van der Waals surface area contributed by atoms with Crippen LogP contribution in [0.1, 0.15) is 0 Å². The molecule has 0 bridgehead atoms. The standard InChI is InChI=1S/C3H5.Al/c1-3-2;/h3H,1-2H2;/q;+1. The number of hydrogen-bond acceptors (Lipinski definition) is 0. The summed E-state index contributed by atoms with van der Waals surface area (Å²) in [5.74, 6) is 0. The van der Waals surface area contributed by atoms with Gasteiger partial charge in [0.25, 0.3) is 0 Å². The summed E-state index contributed by atoms with van der Waals surface area (Å²) in [7, 11) is 0. The molecular formula is C3H5Al+. The van der Waals surface area contributed by atoms with Crippen LogP contribution < -0.4 is 0 Å². The van der Waals surface area contributed by atoms with Gasteiger partial charge in [0.05, 0.1) is 0 Å². The van der Waals surface area contributed by atoms with Gasteiger partial charge in [-0.15, -0.1) is 0 Å². The third-order valence-electron chi connectivity index (χ3n) is 0.167. The normalized spacial score (nSPS) is 5.75. The van der Waals surface area contributed by atoms with Gasteiger partial charge < -0.3 is 0 Å². The van der Waals surface area contributed by atoms with Crippen molar-refractivity contribution in [3.8, 4) is 0 Å². The molecular weight excluding hydrogens is 63.0 g/mol. The Morgan fingerprint density at radius 3 is 2.25 bits per heavy atom. The van der Waals surface area contributed by atoms with Gasteiger partial charge in [0.15, 0.2) is 0 Å². The van der Waals surface area contributed by atoms with Crippen LogP contribution in [-0.4, -0.2) is 16.3 Å². The molecule has 0 aromatic carbocycles. The fraction of sp³-hybridized carbons (Fsp3) is 0.333. The topological polar surface area (TPSA) is 0 Å². The maximum atomic E-state index is 3.46. The van der Waals surface area contributed by atoms with E-state index in [1.807, 2.05) is 6.08 Å². The average Bonchev–Trinajstić information content (AvgIpc) is 1.37. The van der Waals surface area contributed by atoms with Crippen LogP contribution >= 0.6 is 0 Å². The van der Waals surface area contributed by atoms with E-state index in [1.54, 1.807) is 0 Å². The van der Waals surface area contributed by atoms with Crippen LogP contribution in [0.2, 0.25) is 5.28 Å². The summed E-state index contributed by atoms with van der Waals surface area (Å²) in [6.07, 6.45) is 1.84. The minimum absolute atomic E-state index is 1.00. The molecule has 1 radical (unpaired) electrons. The predicted molar refractivity (Wildman–Crippen MR) is 20.8 cm³/mol. The van der Waals surface area contributed by atoms with Crippen LogP contribution in [0.25, 0.3) is 0 Å². The van der Waals surface area contributed by atoms with Gasteiger partial charge in [-0.05, 0) is 0 Å². The van der Waals surface area contributed by atoms with E-state index in [0.29, 0.717) is 0 Å². The van der Waals surface area contributed by atoms with Crippen LogP contribution in [0.15, 0.2) is 12.7 Å². The van der Waals surface area contributed by atoms with E-state index in [0.717, 1.165) is 5.28 Å². The molecule has 0 fully saturated rings. The predicted octanol–water partition coefficient (Wildman–Crippen LogP) is 0.759. The Balaban J connectivity index is 2.30. The van der Waals surface area contributed by atoms with Crippen LogP contribution in [0.5, 0.6) is 0 Å². The molecule has 1 heteroatoms. The summed E-state index contributed by atoms with van der Waals surface area (Å²) in [6, 6.07) is 0. The first-order valence-corrected chi connectivity index (χ1v) is 2.04. The molecule has 0 aliphatic rings. The molecule has 0 aliphatic heterocycles. The second-order valence-electron chi connectivity index (χ2n) is 0.524. The molecule has 0 saturated carbocycles. The van der Waals surface area contributed by atoms with Gasteiger partial charge in [0.1, 0.15) is 0 Å². The van der Waals surface area contributed by atoms with Gasteiger partial charge in [-0.3, -0.25) is 0 Å². The monoisotopic (exact) mass is 68.0 g/mol. The Bertz CT molecular complexity index is 17.2. The van der Waals surface area contributed by atoms with Crippen LogP contribution in [0.3, 0.4) is 0 Å². The van der Waals surface area contributed by atoms with E-state index in [4.69, 9.17) is 0 Å². The van der Waals surface area contributed by atoms with Gasteiger partial charge in [-0.2, -0.15) is 0 Å². The van der Waals surface area contributed by atoms with Gasteiger partial charge in [-0.1, -0.05) is 0 Å². The summed E-state index contributed by atoms with van der Waals surface area (Å²) in [5, 5.41) is 1.00. The van der Waals surface area contributed by atoms with Crippen LogP contribution in [-0.2, 0) is 0 Å². The van der Waals surface area contributed by atoms with E-state index in [9.17, 15) is 0 Å². The summed E-state index contributed by atoms with van der Waals surface area (Å²) in [4.78, 5) is 0. The van der Waals surface area contributed by atoms with Crippen LogP contribution in [0, 0.1) is 0 Å². The van der Waals surface area contributed by atoms with Crippen molar-refractivity contribution in [3.63, 3.8) is 0 Å². The quantitative estimate of drug-likeness (QED) is 0.314. The summed E-state index contributed by atoms with van der Waals surface area (Å²) in [6.45, 7) is 3.46. The Morgan fingerprint density at radius 2 is 2.25 bits per heavy atom. The number of allylic oxidation sites excluding steroid dienone is 1. The summed E-state index contributed by atoms with van der Waals surface area (Å²) < 4.78 is 0. The van der Waals surface area contributed by atoms with Crippen molar-refractivity contribution in [2.24, 2.45) is 0 Å². The van der Waals surface area contributed by atoms with Crippen molar-refractivity contribution in [1.82, 2.24) is 0 Å². The molecule has 0 aromatic rings.